The monoisotopic (exact) mass is 283 g/mol. The van der Waals surface area contributed by atoms with Crippen LogP contribution in [0.3, 0.4) is 0 Å². The predicted octanol–water partition coefficient (Wildman–Crippen LogP) is 2.03. The Kier molecular flexibility index (Phi) is 5.61. The summed E-state index contributed by atoms with van der Waals surface area (Å²) in [5, 5.41) is 2.35. The maximum absolute atomic E-state index is 12.3. The van der Waals surface area contributed by atoms with Gasteiger partial charge in [-0.2, -0.15) is 13.2 Å². The Labute approximate surface area is 110 Å². The Morgan fingerprint density at radius 2 is 1.95 bits per heavy atom. The topological polar surface area (TPSA) is 47.6 Å². The SMILES string of the molecule is CCOC(=O)C1(NCC(F)(F)F)CCC(OC)CC1. The minimum Gasteiger partial charge on any atom is -0.465 e. The first-order valence-electron chi connectivity index (χ1n) is 6.35. The van der Waals surface area contributed by atoms with Crippen molar-refractivity contribution in [2.24, 2.45) is 0 Å². The van der Waals surface area contributed by atoms with E-state index in [9.17, 15) is 18.0 Å². The molecule has 0 aromatic heterocycles. The summed E-state index contributed by atoms with van der Waals surface area (Å²) in [6.07, 6.45) is -2.69. The third-order valence-corrected chi connectivity index (χ3v) is 3.41. The summed E-state index contributed by atoms with van der Waals surface area (Å²) in [6.45, 7) is 0.599. The van der Waals surface area contributed by atoms with Crippen LogP contribution in [0.25, 0.3) is 0 Å². The van der Waals surface area contributed by atoms with Crippen LogP contribution >= 0.6 is 0 Å². The van der Waals surface area contributed by atoms with E-state index in [-0.39, 0.29) is 12.7 Å². The third-order valence-electron chi connectivity index (χ3n) is 3.41. The molecule has 1 fully saturated rings. The van der Waals surface area contributed by atoms with Gasteiger partial charge < -0.3 is 9.47 Å². The van der Waals surface area contributed by atoms with Crippen LogP contribution in [-0.4, -0.2) is 44.0 Å². The molecule has 0 heterocycles. The highest BCUT2D eigenvalue weighted by molar-refractivity contribution is 5.81. The van der Waals surface area contributed by atoms with Crippen molar-refractivity contribution < 1.29 is 27.4 Å². The van der Waals surface area contributed by atoms with Gasteiger partial charge in [0.25, 0.3) is 0 Å². The molecule has 0 bridgehead atoms. The van der Waals surface area contributed by atoms with Gasteiger partial charge in [0.05, 0.1) is 19.3 Å². The van der Waals surface area contributed by atoms with Gasteiger partial charge in [0.15, 0.2) is 0 Å². The molecule has 0 radical (unpaired) electrons. The first-order chi connectivity index (χ1) is 8.83. The molecule has 0 unspecified atom stereocenters. The van der Waals surface area contributed by atoms with Gasteiger partial charge in [0.1, 0.15) is 5.54 Å². The summed E-state index contributed by atoms with van der Waals surface area (Å²) in [5.41, 5.74) is -1.24. The van der Waals surface area contributed by atoms with Gasteiger partial charge in [-0.15, -0.1) is 0 Å². The molecule has 0 spiro atoms. The van der Waals surface area contributed by atoms with Crippen LogP contribution < -0.4 is 5.32 Å². The average Bonchev–Trinajstić information content (AvgIpc) is 2.36. The van der Waals surface area contributed by atoms with Crippen LogP contribution in [0.5, 0.6) is 0 Å². The Hall–Kier alpha value is -0.820. The predicted molar refractivity (Wildman–Crippen MR) is 62.7 cm³/mol. The Morgan fingerprint density at radius 1 is 1.37 bits per heavy atom. The van der Waals surface area contributed by atoms with Gasteiger partial charge in [0, 0.05) is 7.11 Å². The maximum Gasteiger partial charge on any atom is 0.401 e. The van der Waals surface area contributed by atoms with Crippen molar-refractivity contribution in [1.82, 2.24) is 5.32 Å². The van der Waals surface area contributed by atoms with Gasteiger partial charge in [-0.25, -0.2) is 0 Å². The molecule has 112 valence electrons. The second-order valence-electron chi connectivity index (χ2n) is 4.71. The van der Waals surface area contributed by atoms with Gasteiger partial charge in [-0.3, -0.25) is 10.1 Å². The minimum atomic E-state index is -4.35. The van der Waals surface area contributed by atoms with Gasteiger partial charge in [-0.05, 0) is 32.6 Å². The molecule has 0 atom stereocenters. The largest absolute Gasteiger partial charge is 0.465 e. The molecule has 7 heteroatoms. The zero-order valence-corrected chi connectivity index (χ0v) is 11.2. The number of carbonyl (C=O) groups is 1. The lowest BCUT2D eigenvalue weighted by molar-refractivity contribution is -0.159. The van der Waals surface area contributed by atoms with Crippen LogP contribution in [0.2, 0.25) is 0 Å². The van der Waals surface area contributed by atoms with Crippen molar-refractivity contribution >= 4 is 5.97 Å². The Bertz CT molecular complexity index is 299. The van der Waals surface area contributed by atoms with E-state index < -0.39 is 24.2 Å². The molecule has 0 aromatic rings. The highest BCUT2D eigenvalue weighted by atomic mass is 19.4. The molecule has 19 heavy (non-hydrogen) atoms. The molecule has 0 aromatic carbocycles. The first-order valence-corrected chi connectivity index (χ1v) is 6.35. The van der Waals surface area contributed by atoms with Crippen LogP contribution in [0.1, 0.15) is 32.6 Å². The average molecular weight is 283 g/mol. The molecule has 1 aliphatic rings. The molecule has 1 N–H and O–H groups in total. The summed E-state index contributed by atoms with van der Waals surface area (Å²) < 4.78 is 47.1. The second-order valence-corrected chi connectivity index (χ2v) is 4.71. The standard InChI is InChI=1S/C12H20F3NO3/c1-3-19-10(17)11(16-8-12(13,14)15)6-4-9(18-2)5-7-11/h9,16H,3-8H2,1-2H3. The van der Waals surface area contributed by atoms with Crippen molar-refractivity contribution in [3.8, 4) is 0 Å². The molecular weight excluding hydrogens is 263 g/mol. The number of esters is 1. The summed E-state index contributed by atoms with van der Waals surface area (Å²) in [5.74, 6) is -0.603. The number of methoxy groups -OCH3 is 1. The van der Waals surface area contributed by atoms with Gasteiger partial charge in [-0.1, -0.05) is 0 Å². The summed E-state index contributed by atoms with van der Waals surface area (Å²) in [7, 11) is 1.56. The number of rotatable bonds is 5. The fourth-order valence-corrected chi connectivity index (χ4v) is 2.31. The molecule has 4 nitrogen and oxygen atoms in total. The quantitative estimate of drug-likeness (QED) is 0.784. The normalized spacial score (nSPS) is 28.2. The maximum atomic E-state index is 12.3. The molecular formula is C12H20F3NO3. The van der Waals surface area contributed by atoms with Crippen molar-refractivity contribution in [3.05, 3.63) is 0 Å². The van der Waals surface area contributed by atoms with Crippen molar-refractivity contribution in [1.29, 1.82) is 0 Å². The highest BCUT2D eigenvalue weighted by Crippen LogP contribution is 2.32. The van der Waals surface area contributed by atoms with Crippen LogP contribution in [0.15, 0.2) is 0 Å². The molecule has 0 saturated heterocycles. The van der Waals surface area contributed by atoms with Crippen LogP contribution in [0.4, 0.5) is 13.2 Å². The number of carbonyl (C=O) groups excluding carboxylic acids is 1. The molecule has 1 aliphatic carbocycles. The number of ether oxygens (including phenoxy) is 2. The first kappa shape index (κ1) is 16.2. The second kappa shape index (κ2) is 6.56. The fraction of sp³-hybridized carbons (Fsp3) is 0.917. The van der Waals surface area contributed by atoms with Gasteiger partial charge >= 0.3 is 12.1 Å². The number of hydrogen-bond donors (Lipinski definition) is 1. The van der Waals surface area contributed by atoms with Crippen molar-refractivity contribution in [3.63, 3.8) is 0 Å². The zero-order chi connectivity index (χ0) is 14.5. The summed E-state index contributed by atoms with van der Waals surface area (Å²) in [6, 6.07) is 0. The van der Waals surface area contributed by atoms with Gasteiger partial charge in [0.2, 0.25) is 0 Å². The number of alkyl halides is 3. The van der Waals surface area contributed by atoms with E-state index in [0.29, 0.717) is 25.7 Å². The number of nitrogens with one attached hydrogen (secondary N) is 1. The molecule has 1 rings (SSSR count). The molecule has 1 saturated carbocycles. The lowest BCUT2D eigenvalue weighted by Gasteiger charge is -2.38. The van der Waals surface area contributed by atoms with E-state index in [2.05, 4.69) is 5.32 Å². The number of hydrogen-bond acceptors (Lipinski definition) is 4. The van der Waals surface area contributed by atoms with Crippen molar-refractivity contribution in [2.75, 3.05) is 20.3 Å². The fourth-order valence-electron chi connectivity index (χ4n) is 2.31. The highest BCUT2D eigenvalue weighted by Gasteiger charge is 2.45. The van der Waals surface area contributed by atoms with Crippen LogP contribution in [0, 0.1) is 0 Å². The minimum absolute atomic E-state index is 0.00441. The van der Waals surface area contributed by atoms with E-state index in [1.165, 1.54) is 0 Å². The molecule has 0 aliphatic heterocycles. The Morgan fingerprint density at radius 3 is 2.37 bits per heavy atom. The van der Waals surface area contributed by atoms with E-state index in [4.69, 9.17) is 9.47 Å². The lowest BCUT2D eigenvalue weighted by atomic mass is 9.80. The van der Waals surface area contributed by atoms with Crippen LogP contribution in [-0.2, 0) is 14.3 Å². The van der Waals surface area contributed by atoms with E-state index in [1.807, 2.05) is 0 Å². The van der Waals surface area contributed by atoms with E-state index >= 15 is 0 Å². The third kappa shape index (κ3) is 4.65. The Balaban J connectivity index is 2.71. The zero-order valence-electron chi connectivity index (χ0n) is 11.2. The van der Waals surface area contributed by atoms with E-state index in [0.717, 1.165) is 0 Å². The molecule has 0 amide bonds. The lowest BCUT2D eigenvalue weighted by Crippen LogP contribution is -2.57. The smallest absolute Gasteiger partial charge is 0.401 e. The van der Waals surface area contributed by atoms with Crippen molar-refractivity contribution in [2.45, 2.75) is 50.4 Å². The number of halogens is 3. The summed E-state index contributed by atoms with van der Waals surface area (Å²) >= 11 is 0. The van der Waals surface area contributed by atoms with E-state index in [1.54, 1.807) is 14.0 Å². The summed E-state index contributed by atoms with van der Waals surface area (Å²) in [4.78, 5) is 11.9.